The molecule has 276 valence electrons. The molecule has 1 aliphatic carbocycles. The molecule has 0 radical (unpaired) electrons. The highest BCUT2D eigenvalue weighted by molar-refractivity contribution is 6.22. The lowest BCUT2D eigenvalue weighted by molar-refractivity contribution is 0.666. The second-order valence-electron chi connectivity index (χ2n) is 16.8. The topological polar surface area (TPSA) is 0 Å². The summed E-state index contributed by atoms with van der Waals surface area (Å²) in [5.74, 6) is 0. The monoisotopic (exact) mass is 748 g/mol. The summed E-state index contributed by atoms with van der Waals surface area (Å²) in [5.41, 5.74) is 15.4. The molecule has 0 amide bonds. The van der Waals surface area contributed by atoms with Gasteiger partial charge in [-0.1, -0.05) is 202 Å². The lowest BCUT2D eigenvalue weighted by Crippen LogP contribution is -2.15. The number of benzene rings is 11. The van der Waals surface area contributed by atoms with E-state index in [1.165, 1.54) is 121 Å². The third-order valence-electron chi connectivity index (χ3n) is 13.2. The largest absolute Gasteiger partial charge is 0.0616 e. The molecular formula is C59H40. The van der Waals surface area contributed by atoms with Crippen molar-refractivity contribution in [1.29, 1.82) is 0 Å². The number of fused-ring (bicyclic) bond motifs is 11. The average molecular weight is 749 g/mol. The van der Waals surface area contributed by atoms with Crippen molar-refractivity contribution in [2.24, 2.45) is 0 Å². The summed E-state index contributed by atoms with van der Waals surface area (Å²) in [5, 5.41) is 12.9. The Kier molecular flexibility index (Phi) is 7.38. The molecule has 0 spiro atoms. The van der Waals surface area contributed by atoms with Crippen molar-refractivity contribution in [3.05, 3.63) is 217 Å². The predicted octanol–water partition coefficient (Wildman–Crippen LogP) is 16.4. The summed E-state index contributed by atoms with van der Waals surface area (Å²) in [6.07, 6.45) is 0. The van der Waals surface area contributed by atoms with Crippen molar-refractivity contribution < 1.29 is 0 Å². The maximum Gasteiger partial charge on any atom is 0.0165 e. The van der Waals surface area contributed by atoms with Crippen molar-refractivity contribution in [3.8, 4) is 55.6 Å². The molecule has 0 heteroatoms. The fourth-order valence-corrected chi connectivity index (χ4v) is 10.5. The molecular weight excluding hydrogens is 709 g/mol. The molecule has 0 atom stereocenters. The molecule has 12 rings (SSSR count). The van der Waals surface area contributed by atoms with E-state index in [-0.39, 0.29) is 5.41 Å². The average Bonchev–Trinajstić information content (AvgIpc) is 3.54. The van der Waals surface area contributed by atoms with Crippen LogP contribution in [0.1, 0.15) is 25.0 Å². The van der Waals surface area contributed by atoms with Crippen LogP contribution in [0.4, 0.5) is 0 Å². The Balaban J connectivity index is 0.984. The first-order valence-electron chi connectivity index (χ1n) is 20.8. The van der Waals surface area contributed by atoms with Gasteiger partial charge in [0.15, 0.2) is 0 Å². The van der Waals surface area contributed by atoms with Gasteiger partial charge in [-0.05, 0) is 139 Å². The molecule has 0 N–H and O–H groups in total. The number of hydrogen-bond donors (Lipinski definition) is 0. The van der Waals surface area contributed by atoms with Crippen LogP contribution in [-0.4, -0.2) is 0 Å². The molecule has 59 heavy (non-hydrogen) atoms. The van der Waals surface area contributed by atoms with Crippen LogP contribution in [0.3, 0.4) is 0 Å². The summed E-state index contributed by atoms with van der Waals surface area (Å²) < 4.78 is 0. The quantitative estimate of drug-likeness (QED) is 0.124. The third kappa shape index (κ3) is 5.09. The van der Waals surface area contributed by atoms with E-state index in [9.17, 15) is 0 Å². The summed E-state index contributed by atoms with van der Waals surface area (Å²) in [6, 6.07) is 76.8. The third-order valence-corrected chi connectivity index (χ3v) is 13.2. The minimum absolute atomic E-state index is 0.108. The first-order chi connectivity index (χ1) is 29.0. The zero-order valence-corrected chi connectivity index (χ0v) is 33.1. The Morgan fingerprint density at radius 1 is 0.271 bits per heavy atom. The molecule has 0 heterocycles. The van der Waals surface area contributed by atoms with Gasteiger partial charge in [-0.15, -0.1) is 0 Å². The summed E-state index contributed by atoms with van der Waals surface area (Å²) >= 11 is 0. The molecule has 0 nitrogen and oxygen atoms in total. The Hall–Kier alpha value is -7.28. The second-order valence-corrected chi connectivity index (χ2v) is 16.8. The van der Waals surface area contributed by atoms with Crippen LogP contribution in [0.2, 0.25) is 0 Å². The van der Waals surface area contributed by atoms with Gasteiger partial charge in [-0.3, -0.25) is 0 Å². The highest BCUT2D eigenvalue weighted by Crippen LogP contribution is 2.55. The van der Waals surface area contributed by atoms with Crippen LogP contribution in [0.25, 0.3) is 109 Å². The molecule has 0 aliphatic heterocycles. The van der Waals surface area contributed by atoms with Gasteiger partial charge in [-0.2, -0.15) is 0 Å². The van der Waals surface area contributed by atoms with Gasteiger partial charge in [0.2, 0.25) is 0 Å². The van der Waals surface area contributed by atoms with Gasteiger partial charge in [0.1, 0.15) is 0 Å². The van der Waals surface area contributed by atoms with Gasteiger partial charge in [-0.25, -0.2) is 0 Å². The molecule has 0 saturated heterocycles. The molecule has 0 fully saturated rings. The zero-order valence-electron chi connectivity index (χ0n) is 33.1. The van der Waals surface area contributed by atoms with E-state index >= 15 is 0 Å². The molecule has 0 saturated carbocycles. The predicted molar refractivity (Wildman–Crippen MR) is 253 cm³/mol. The normalized spacial score (nSPS) is 13.1. The Labute approximate surface area is 344 Å². The van der Waals surface area contributed by atoms with Crippen LogP contribution in [0.15, 0.2) is 206 Å². The van der Waals surface area contributed by atoms with E-state index in [1.54, 1.807) is 0 Å². The Bertz CT molecular complexity index is 3450. The van der Waals surface area contributed by atoms with Gasteiger partial charge in [0.25, 0.3) is 0 Å². The lowest BCUT2D eigenvalue weighted by atomic mass is 9.79. The maximum atomic E-state index is 2.45. The fourth-order valence-electron chi connectivity index (χ4n) is 10.5. The van der Waals surface area contributed by atoms with Crippen molar-refractivity contribution >= 4 is 53.9 Å². The number of hydrogen-bond acceptors (Lipinski definition) is 0. The van der Waals surface area contributed by atoms with Crippen molar-refractivity contribution in [2.45, 2.75) is 19.3 Å². The second kappa shape index (κ2) is 12.9. The van der Waals surface area contributed by atoms with Crippen LogP contribution in [0, 0.1) is 0 Å². The smallest absolute Gasteiger partial charge is 0.0165 e. The van der Waals surface area contributed by atoms with Crippen LogP contribution in [0.5, 0.6) is 0 Å². The lowest BCUT2D eigenvalue weighted by Gasteiger charge is -2.24. The molecule has 1 aliphatic rings. The van der Waals surface area contributed by atoms with Gasteiger partial charge < -0.3 is 0 Å². The van der Waals surface area contributed by atoms with E-state index in [4.69, 9.17) is 0 Å². The SMILES string of the molecule is CC1(C)c2ccc(-c3ccc(-c4c5ccccc5c(-c5cccc(-c6ccc7ccccc7c6)c5)c5ccccc45)cc3)cc2-c2c1c1ccccc1c1ccccc21. The Morgan fingerprint density at radius 3 is 1.37 bits per heavy atom. The van der Waals surface area contributed by atoms with Crippen LogP contribution >= 0.6 is 0 Å². The minimum atomic E-state index is -0.108. The van der Waals surface area contributed by atoms with Crippen molar-refractivity contribution in [3.63, 3.8) is 0 Å². The fraction of sp³-hybridized carbons (Fsp3) is 0.0508. The maximum absolute atomic E-state index is 2.45. The van der Waals surface area contributed by atoms with E-state index < -0.39 is 0 Å². The summed E-state index contributed by atoms with van der Waals surface area (Å²) in [4.78, 5) is 0. The highest BCUT2D eigenvalue weighted by Gasteiger charge is 2.38. The molecule has 11 aromatic rings. The number of rotatable bonds is 4. The summed E-state index contributed by atoms with van der Waals surface area (Å²) in [7, 11) is 0. The van der Waals surface area contributed by atoms with E-state index in [1.807, 2.05) is 0 Å². The molecule has 0 bridgehead atoms. The molecule has 11 aromatic carbocycles. The minimum Gasteiger partial charge on any atom is -0.0616 e. The standard InChI is InChI=1S/C59H40/c1-59(2)54-33-32-43(36-53(54)57-47-20-7-5-18-45(47)46-19-6-12-25-52(46)58(57)59)38-26-29-39(30-27-38)55-48-21-8-10-23-50(48)56(51-24-11-9-22-49(51)55)44-17-13-16-41(35-44)42-31-28-37-14-3-4-15-40(37)34-42/h3-36H,1-2H3. The highest BCUT2D eigenvalue weighted by atomic mass is 14.4. The van der Waals surface area contributed by atoms with Crippen molar-refractivity contribution in [2.75, 3.05) is 0 Å². The first-order valence-corrected chi connectivity index (χ1v) is 20.8. The van der Waals surface area contributed by atoms with E-state index in [2.05, 4.69) is 220 Å². The van der Waals surface area contributed by atoms with Crippen LogP contribution < -0.4 is 0 Å². The van der Waals surface area contributed by atoms with E-state index in [0.29, 0.717) is 0 Å². The van der Waals surface area contributed by atoms with Gasteiger partial charge >= 0.3 is 0 Å². The molecule has 0 aromatic heterocycles. The summed E-state index contributed by atoms with van der Waals surface area (Å²) in [6.45, 7) is 4.80. The molecule has 0 unspecified atom stereocenters. The van der Waals surface area contributed by atoms with Gasteiger partial charge in [0.05, 0.1) is 0 Å². The van der Waals surface area contributed by atoms with Crippen LogP contribution in [-0.2, 0) is 5.41 Å². The Morgan fingerprint density at radius 2 is 0.712 bits per heavy atom. The van der Waals surface area contributed by atoms with Gasteiger partial charge in [0, 0.05) is 5.41 Å². The zero-order chi connectivity index (χ0) is 39.2. The van der Waals surface area contributed by atoms with Crippen molar-refractivity contribution in [1.82, 2.24) is 0 Å². The van der Waals surface area contributed by atoms with E-state index in [0.717, 1.165) is 0 Å². The first kappa shape index (κ1) is 33.8.